The third-order valence-corrected chi connectivity index (χ3v) is 2.40. The molecule has 18 heavy (non-hydrogen) atoms. The first-order chi connectivity index (χ1) is 8.72. The Morgan fingerprint density at radius 2 is 2.33 bits per heavy atom. The SMILES string of the molecule is Cc1noc(CNc2cc(Cl)nc3ncnn23)n1. The van der Waals surface area contributed by atoms with E-state index in [0.717, 1.165) is 0 Å². The van der Waals surface area contributed by atoms with Crippen molar-refractivity contribution in [2.45, 2.75) is 13.5 Å². The Labute approximate surface area is 106 Å². The van der Waals surface area contributed by atoms with Gasteiger partial charge in [-0.25, -0.2) is 0 Å². The zero-order valence-corrected chi connectivity index (χ0v) is 10.1. The number of nitrogens with zero attached hydrogens (tertiary/aromatic N) is 6. The third kappa shape index (κ3) is 1.97. The van der Waals surface area contributed by atoms with Crippen LogP contribution in [0.4, 0.5) is 5.82 Å². The van der Waals surface area contributed by atoms with Crippen molar-refractivity contribution in [3.63, 3.8) is 0 Å². The van der Waals surface area contributed by atoms with Gasteiger partial charge in [-0.1, -0.05) is 16.8 Å². The van der Waals surface area contributed by atoms with E-state index in [9.17, 15) is 0 Å². The zero-order chi connectivity index (χ0) is 12.5. The molecule has 0 atom stereocenters. The molecular formula is C9H8ClN7O. The Hall–Kier alpha value is -2.22. The van der Waals surface area contributed by atoms with Gasteiger partial charge in [-0.15, -0.1) is 0 Å². The molecule has 0 aliphatic carbocycles. The molecule has 0 amide bonds. The number of aromatic nitrogens is 6. The van der Waals surface area contributed by atoms with Crippen molar-refractivity contribution in [2.24, 2.45) is 0 Å². The Morgan fingerprint density at radius 1 is 1.44 bits per heavy atom. The van der Waals surface area contributed by atoms with E-state index in [4.69, 9.17) is 16.1 Å². The monoisotopic (exact) mass is 265 g/mol. The topological polar surface area (TPSA) is 94.0 Å². The van der Waals surface area contributed by atoms with Crippen LogP contribution in [0.25, 0.3) is 5.78 Å². The number of halogens is 1. The maximum Gasteiger partial charge on any atom is 0.255 e. The van der Waals surface area contributed by atoms with Crippen LogP contribution >= 0.6 is 11.6 Å². The van der Waals surface area contributed by atoms with Crippen molar-refractivity contribution >= 4 is 23.2 Å². The summed E-state index contributed by atoms with van der Waals surface area (Å²) in [6.45, 7) is 2.13. The largest absolute Gasteiger partial charge is 0.361 e. The molecule has 0 saturated heterocycles. The van der Waals surface area contributed by atoms with Crippen LogP contribution in [-0.4, -0.2) is 29.7 Å². The molecule has 0 radical (unpaired) electrons. The smallest absolute Gasteiger partial charge is 0.255 e. The summed E-state index contributed by atoms with van der Waals surface area (Å²) in [4.78, 5) is 12.1. The first-order valence-corrected chi connectivity index (χ1v) is 5.49. The minimum absolute atomic E-state index is 0.333. The fourth-order valence-corrected chi connectivity index (χ4v) is 1.67. The highest BCUT2D eigenvalue weighted by molar-refractivity contribution is 6.29. The van der Waals surface area contributed by atoms with E-state index in [0.29, 0.717) is 35.0 Å². The molecule has 0 aromatic carbocycles. The highest BCUT2D eigenvalue weighted by Gasteiger charge is 2.08. The molecule has 0 saturated carbocycles. The van der Waals surface area contributed by atoms with Gasteiger partial charge in [0.25, 0.3) is 5.78 Å². The normalized spacial score (nSPS) is 11.0. The van der Waals surface area contributed by atoms with Crippen molar-refractivity contribution in [1.82, 2.24) is 29.7 Å². The van der Waals surface area contributed by atoms with Gasteiger partial charge < -0.3 is 9.84 Å². The Balaban J connectivity index is 1.87. The second-order valence-corrected chi connectivity index (χ2v) is 3.91. The fraction of sp³-hybridized carbons (Fsp3) is 0.222. The molecular weight excluding hydrogens is 258 g/mol. The molecule has 3 aromatic heterocycles. The van der Waals surface area contributed by atoms with E-state index in [1.54, 1.807) is 13.0 Å². The number of hydrogen-bond donors (Lipinski definition) is 1. The second-order valence-electron chi connectivity index (χ2n) is 3.52. The van der Waals surface area contributed by atoms with Crippen molar-refractivity contribution in [2.75, 3.05) is 5.32 Å². The van der Waals surface area contributed by atoms with Crippen LogP contribution in [0.3, 0.4) is 0 Å². The highest BCUT2D eigenvalue weighted by Crippen LogP contribution is 2.15. The van der Waals surface area contributed by atoms with E-state index in [2.05, 4.69) is 30.5 Å². The summed E-state index contributed by atoms with van der Waals surface area (Å²) in [7, 11) is 0. The van der Waals surface area contributed by atoms with Crippen LogP contribution < -0.4 is 5.32 Å². The molecule has 0 spiro atoms. The lowest BCUT2D eigenvalue weighted by molar-refractivity contribution is 0.379. The van der Waals surface area contributed by atoms with Crippen LogP contribution in [0.1, 0.15) is 11.7 Å². The maximum atomic E-state index is 5.88. The minimum atomic E-state index is 0.333. The van der Waals surface area contributed by atoms with Crippen molar-refractivity contribution in [3.8, 4) is 0 Å². The molecule has 1 N–H and O–H groups in total. The number of anilines is 1. The molecule has 3 aromatic rings. The lowest BCUT2D eigenvalue weighted by Gasteiger charge is -2.05. The summed E-state index contributed by atoms with van der Waals surface area (Å²) >= 11 is 5.88. The Bertz CT molecular complexity index is 691. The van der Waals surface area contributed by atoms with Crippen LogP contribution in [0, 0.1) is 6.92 Å². The predicted octanol–water partition coefficient (Wildman–Crippen LogP) is 1.08. The first kappa shape index (κ1) is 10.9. The minimum Gasteiger partial charge on any atom is -0.361 e. The molecule has 8 nitrogen and oxygen atoms in total. The number of nitrogens with one attached hydrogen (secondary N) is 1. The fourth-order valence-electron chi connectivity index (χ4n) is 1.49. The van der Waals surface area contributed by atoms with Gasteiger partial charge in [0.05, 0.1) is 6.54 Å². The summed E-state index contributed by atoms with van der Waals surface area (Å²) in [6.07, 6.45) is 1.40. The van der Waals surface area contributed by atoms with Gasteiger partial charge in [0, 0.05) is 6.07 Å². The van der Waals surface area contributed by atoms with Crippen LogP contribution in [0.5, 0.6) is 0 Å². The van der Waals surface area contributed by atoms with Gasteiger partial charge in [-0.05, 0) is 6.92 Å². The van der Waals surface area contributed by atoms with E-state index < -0.39 is 0 Å². The van der Waals surface area contributed by atoms with Gasteiger partial charge >= 0.3 is 0 Å². The molecule has 0 unspecified atom stereocenters. The quantitative estimate of drug-likeness (QED) is 0.708. The summed E-state index contributed by atoms with van der Waals surface area (Å²) < 4.78 is 6.53. The lowest BCUT2D eigenvalue weighted by Crippen LogP contribution is -2.06. The van der Waals surface area contributed by atoms with Gasteiger partial charge in [-0.2, -0.15) is 24.6 Å². The molecule has 0 fully saturated rings. The molecule has 0 bridgehead atoms. The first-order valence-electron chi connectivity index (χ1n) is 5.12. The number of fused-ring (bicyclic) bond motifs is 1. The maximum absolute atomic E-state index is 5.88. The number of rotatable bonds is 3. The van der Waals surface area contributed by atoms with Crippen molar-refractivity contribution in [1.29, 1.82) is 0 Å². The Morgan fingerprint density at radius 3 is 3.11 bits per heavy atom. The summed E-state index contributed by atoms with van der Waals surface area (Å²) in [5, 5.41) is 11.1. The molecule has 9 heteroatoms. The van der Waals surface area contributed by atoms with Gasteiger partial charge in [-0.3, -0.25) is 0 Å². The van der Waals surface area contributed by atoms with Crippen molar-refractivity contribution < 1.29 is 4.52 Å². The lowest BCUT2D eigenvalue weighted by atomic mass is 10.5. The number of aryl methyl sites for hydroxylation is 1. The van der Waals surface area contributed by atoms with Crippen LogP contribution in [0.2, 0.25) is 5.15 Å². The van der Waals surface area contributed by atoms with E-state index >= 15 is 0 Å². The van der Waals surface area contributed by atoms with Gasteiger partial charge in [0.15, 0.2) is 5.82 Å². The third-order valence-electron chi connectivity index (χ3n) is 2.21. The van der Waals surface area contributed by atoms with Gasteiger partial charge in [0.1, 0.15) is 17.3 Å². The Kier molecular flexibility index (Phi) is 2.56. The predicted molar refractivity (Wildman–Crippen MR) is 62.2 cm³/mol. The van der Waals surface area contributed by atoms with E-state index in [1.807, 2.05) is 0 Å². The second kappa shape index (κ2) is 4.22. The molecule has 3 heterocycles. The molecule has 0 aliphatic rings. The van der Waals surface area contributed by atoms with Crippen LogP contribution in [0.15, 0.2) is 16.9 Å². The summed E-state index contributed by atoms with van der Waals surface area (Å²) in [5.74, 6) is 2.14. The van der Waals surface area contributed by atoms with Crippen LogP contribution in [-0.2, 0) is 6.54 Å². The molecule has 92 valence electrons. The summed E-state index contributed by atoms with van der Waals surface area (Å²) in [5.41, 5.74) is 0. The standard InChI is InChI=1S/C9H8ClN7O/c1-5-14-8(18-16-5)3-11-7-2-6(10)15-9-12-4-13-17(7)9/h2,4,11H,3H2,1H3. The van der Waals surface area contributed by atoms with Gasteiger partial charge in [0.2, 0.25) is 5.89 Å². The average Bonchev–Trinajstić information content (AvgIpc) is 2.94. The molecule has 3 rings (SSSR count). The number of hydrogen-bond acceptors (Lipinski definition) is 7. The van der Waals surface area contributed by atoms with Crippen molar-refractivity contribution in [3.05, 3.63) is 29.3 Å². The van der Waals surface area contributed by atoms with E-state index in [1.165, 1.54) is 10.8 Å². The average molecular weight is 266 g/mol. The zero-order valence-electron chi connectivity index (χ0n) is 9.33. The molecule has 0 aliphatic heterocycles. The van der Waals surface area contributed by atoms with E-state index in [-0.39, 0.29) is 0 Å². The highest BCUT2D eigenvalue weighted by atomic mass is 35.5. The summed E-state index contributed by atoms with van der Waals surface area (Å²) in [6, 6.07) is 1.65.